The molecule has 0 aliphatic rings. The summed E-state index contributed by atoms with van der Waals surface area (Å²) in [5.41, 5.74) is 2.03. The Morgan fingerprint density at radius 2 is 1.49 bits per heavy atom. The van der Waals surface area contributed by atoms with Crippen LogP contribution in [0, 0.1) is 6.92 Å². The third kappa shape index (κ3) is 7.33. The highest BCUT2D eigenvalue weighted by Crippen LogP contribution is 2.25. The third-order valence-corrected chi connectivity index (χ3v) is 7.84. The highest BCUT2D eigenvalue weighted by molar-refractivity contribution is 7.92. The second-order valence-electron chi connectivity index (χ2n) is 9.15. The van der Waals surface area contributed by atoms with Crippen molar-refractivity contribution < 1.29 is 18.0 Å². The molecule has 0 heterocycles. The first-order chi connectivity index (χ1) is 17.5. The predicted octanol–water partition coefficient (Wildman–Crippen LogP) is 4.79. The van der Waals surface area contributed by atoms with E-state index in [2.05, 4.69) is 5.32 Å². The molecule has 0 spiro atoms. The molecule has 1 N–H and O–H groups in total. The summed E-state index contributed by atoms with van der Waals surface area (Å²) in [5, 5.41) is 3.38. The number of aryl methyl sites for hydroxylation is 1. The Hall–Kier alpha value is -3.36. The molecule has 0 aliphatic carbocycles. The van der Waals surface area contributed by atoms with Crippen molar-refractivity contribution in [3.05, 3.63) is 95.0 Å². The minimum atomic E-state index is -4.08. The van der Waals surface area contributed by atoms with Gasteiger partial charge in [-0.05, 0) is 69.7 Å². The van der Waals surface area contributed by atoms with Gasteiger partial charge in [0.1, 0.15) is 12.6 Å². The van der Waals surface area contributed by atoms with Crippen LogP contribution in [-0.2, 0) is 26.2 Å². The van der Waals surface area contributed by atoms with E-state index in [9.17, 15) is 18.0 Å². The molecule has 37 heavy (non-hydrogen) atoms. The maximum Gasteiger partial charge on any atom is 0.264 e. The van der Waals surface area contributed by atoms with Gasteiger partial charge in [-0.2, -0.15) is 0 Å². The second-order valence-corrected chi connectivity index (χ2v) is 11.4. The molecule has 2 amide bonds. The van der Waals surface area contributed by atoms with Crippen molar-refractivity contribution in [1.82, 2.24) is 10.2 Å². The molecular formula is C28H32ClN3O4S. The Labute approximate surface area is 224 Å². The molecule has 0 fully saturated rings. The number of hydrogen-bond acceptors (Lipinski definition) is 4. The summed E-state index contributed by atoms with van der Waals surface area (Å²) in [6.45, 7) is 6.80. The molecule has 7 nitrogen and oxygen atoms in total. The average Bonchev–Trinajstić information content (AvgIpc) is 2.86. The van der Waals surface area contributed by atoms with Gasteiger partial charge in [0.05, 0.1) is 10.6 Å². The van der Waals surface area contributed by atoms with Crippen molar-refractivity contribution in [2.75, 3.05) is 10.8 Å². The fourth-order valence-corrected chi connectivity index (χ4v) is 5.27. The first-order valence-electron chi connectivity index (χ1n) is 12.0. The lowest BCUT2D eigenvalue weighted by molar-refractivity contribution is -0.139. The highest BCUT2D eigenvalue weighted by Gasteiger charge is 2.32. The minimum Gasteiger partial charge on any atom is -0.352 e. The van der Waals surface area contributed by atoms with Crippen LogP contribution < -0.4 is 9.62 Å². The van der Waals surface area contributed by atoms with Crippen LogP contribution in [0.2, 0.25) is 5.02 Å². The molecule has 1 atom stereocenters. The Morgan fingerprint density at radius 1 is 0.892 bits per heavy atom. The number of rotatable bonds is 10. The lowest BCUT2D eigenvalue weighted by Gasteiger charge is -2.32. The number of hydrogen-bond donors (Lipinski definition) is 1. The van der Waals surface area contributed by atoms with Crippen molar-refractivity contribution in [2.45, 2.75) is 51.2 Å². The number of benzene rings is 3. The number of nitrogens with one attached hydrogen (secondary N) is 1. The van der Waals surface area contributed by atoms with Crippen LogP contribution in [0.15, 0.2) is 83.8 Å². The SMILES string of the molecule is Cc1ccc(S(=O)(=O)N(CC(=O)N(Cc2ccc(Cl)cc2)C(C)C(=O)NC(C)C)c2ccccc2)cc1. The topological polar surface area (TPSA) is 86.8 Å². The van der Waals surface area contributed by atoms with E-state index in [0.29, 0.717) is 10.7 Å². The molecule has 0 aliphatic heterocycles. The standard InChI is InChI=1S/C28H32ClN3O4S/c1-20(2)30-28(34)22(4)31(18-23-12-14-24(29)15-13-23)27(33)19-32(25-8-6-5-7-9-25)37(35,36)26-16-10-21(3)11-17-26/h5-17,20,22H,18-19H2,1-4H3,(H,30,34). The minimum absolute atomic E-state index is 0.0737. The normalized spacial score (nSPS) is 12.2. The quantitative estimate of drug-likeness (QED) is 0.400. The fourth-order valence-electron chi connectivity index (χ4n) is 3.73. The van der Waals surface area contributed by atoms with Crippen LogP contribution in [0.4, 0.5) is 5.69 Å². The molecule has 0 radical (unpaired) electrons. The van der Waals surface area contributed by atoms with Crippen LogP contribution >= 0.6 is 11.6 Å². The Kier molecular flexibility index (Phi) is 9.34. The van der Waals surface area contributed by atoms with Gasteiger partial charge in [-0.3, -0.25) is 13.9 Å². The van der Waals surface area contributed by atoms with E-state index in [1.807, 2.05) is 20.8 Å². The number of anilines is 1. The molecule has 0 saturated heterocycles. The Bertz CT molecular complexity index is 1310. The zero-order chi connectivity index (χ0) is 27.2. The van der Waals surface area contributed by atoms with Crippen LogP contribution in [-0.4, -0.2) is 43.8 Å². The maximum absolute atomic E-state index is 13.8. The summed E-state index contributed by atoms with van der Waals surface area (Å²) in [4.78, 5) is 28.1. The lowest BCUT2D eigenvalue weighted by Crippen LogP contribution is -2.52. The third-order valence-electron chi connectivity index (χ3n) is 5.80. The van der Waals surface area contributed by atoms with Gasteiger partial charge in [0.25, 0.3) is 10.0 Å². The van der Waals surface area contributed by atoms with Crippen LogP contribution in [0.3, 0.4) is 0 Å². The van der Waals surface area contributed by atoms with Gasteiger partial charge < -0.3 is 10.2 Å². The smallest absolute Gasteiger partial charge is 0.264 e. The van der Waals surface area contributed by atoms with Crippen molar-refractivity contribution in [1.29, 1.82) is 0 Å². The van der Waals surface area contributed by atoms with Gasteiger partial charge >= 0.3 is 0 Å². The molecule has 0 bridgehead atoms. The predicted molar refractivity (Wildman–Crippen MR) is 147 cm³/mol. The summed E-state index contributed by atoms with van der Waals surface area (Å²) in [7, 11) is -4.08. The summed E-state index contributed by atoms with van der Waals surface area (Å²) in [6, 6.07) is 20.9. The molecule has 3 aromatic rings. The Morgan fingerprint density at radius 3 is 2.05 bits per heavy atom. The highest BCUT2D eigenvalue weighted by atomic mass is 35.5. The van der Waals surface area contributed by atoms with Crippen LogP contribution in [0.25, 0.3) is 0 Å². The average molecular weight is 542 g/mol. The van der Waals surface area contributed by atoms with Crippen LogP contribution in [0.5, 0.6) is 0 Å². The van der Waals surface area contributed by atoms with Gasteiger partial charge in [0, 0.05) is 17.6 Å². The molecule has 9 heteroatoms. The molecule has 0 saturated carbocycles. The number of nitrogens with zero attached hydrogens (tertiary/aromatic N) is 2. The molecular weight excluding hydrogens is 510 g/mol. The van der Waals surface area contributed by atoms with Crippen molar-refractivity contribution in [3.63, 3.8) is 0 Å². The molecule has 3 aromatic carbocycles. The van der Waals surface area contributed by atoms with Crippen molar-refractivity contribution in [2.24, 2.45) is 0 Å². The van der Waals surface area contributed by atoms with E-state index in [-0.39, 0.29) is 23.4 Å². The molecule has 196 valence electrons. The van der Waals surface area contributed by atoms with Gasteiger partial charge in [-0.1, -0.05) is 59.6 Å². The van der Waals surface area contributed by atoms with Crippen molar-refractivity contribution >= 4 is 39.1 Å². The van der Waals surface area contributed by atoms with Gasteiger partial charge in [0.2, 0.25) is 11.8 Å². The second kappa shape index (κ2) is 12.3. The monoisotopic (exact) mass is 541 g/mol. The van der Waals surface area contributed by atoms with Gasteiger partial charge in [0.15, 0.2) is 0 Å². The number of carbonyl (C=O) groups is 2. The van der Waals surface area contributed by atoms with Crippen molar-refractivity contribution in [3.8, 4) is 0 Å². The van der Waals surface area contributed by atoms with Crippen LogP contribution in [0.1, 0.15) is 31.9 Å². The number of sulfonamides is 1. The number of amides is 2. The number of carbonyl (C=O) groups excluding carboxylic acids is 2. The first kappa shape index (κ1) is 28.2. The largest absolute Gasteiger partial charge is 0.352 e. The summed E-state index contributed by atoms with van der Waals surface area (Å²) in [5.74, 6) is -0.842. The lowest BCUT2D eigenvalue weighted by atomic mass is 10.1. The van der Waals surface area contributed by atoms with E-state index in [0.717, 1.165) is 15.4 Å². The summed E-state index contributed by atoms with van der Waals surface area (Å²) < 4.78 is 28.5. The fraction of sp³-hybridized carbons (Fsp3) is 0.286. The van der Waals surface area contributed by atoms with E-state index in [1.165, 1.54) is 17.0 Å². The zero-order valence-electron chi connectivity index (χ0n) is 21.4. The van der Waals surface area contributed by atoms with E-state index in [4.69, 9.17) is 11.6 Å². The zero-order valence-corrected chi connectivity index (χ0v) is 23.0. The Balaban J connectivity index is 1.99. The molecule has 1 unspecified atom stereocenters. The number of halogens is 1. The molecule has 3 rings (SSSR count). The van der Waals surface area contributed by atoms with E-state index >= 15 is 0 Å². The summed E-state index contributed by atoms with van der Waals surface area (Å²) in [6.07, 6.45) is 0. The van der Waals surface area contributed by atoms with E-state index in [1.54, 1.807) is 73.7 Å². The first-order valence-corrected chi connectivity index (χ1v) is 13.8. The number of para-hydroxylation sites is 1. The summed E-state index contributed by atoms with van der Waals surface area (Å²) >= 11 is 6.02. The van der Waals surface area contributed by atoms with Gasteiger partial charge in [-0.25, -0.2) is 8.42 Å². The van der Waals surface area contributed by atoms with Gasteiger partial charge in [-0.15, -0.1) is 0 Å². The maximum atomic E-state index is 13.8. The molecule has 0 aromatic heterocycles. The van der Waals surface area contributed by atoms with E-state index < -0.39 is 28.5 Å².